The molecule has 2 rings (SSSR count). The van der Waals surface area contributed by atoms with Gasteiger partial charge in [0.05, 0.1) is 18.3 Å². The number of carboxylic acid groups (broad SMARTS) is 1. The van der Waals surface area contributed by atoms with Crippen molar-refractivity contribution in [1.29, 1.82) is 0 Å². The van der Waals surface area contributed by atoms with E-state index < -0.39 is 5.97 Å². The lowest BCUT2D eigenvalue weighted by Crippen LogP contribution is -2.04. The molecule has 0 saturated heterocycles. The van der Waals surface area contributed by atoms with E-state index in [1.54, 1.807) is 10.7 Å². The first kappa shape index (κ1) is 13.3. The van der Waals surface area contributed by atoms with Crippen LogP contribution in [0, 0.1) is 0 Å². The van der Waals surface area contributed by atoms with Gasteiger partial charge >= 0.3 is 5.97 Å². The lowest BCUT2D eigenvalue weighted by Gasteiger charge is -2.03. The average molecular weight is 262 g/mol. The minimum atomic E-state index is -0.813. The molecule has 0 spiro atoms. The Bertz CT molecular complexity index is 565. The number of nitrogens with zero attached hydrogens (tertiary/aromatic N) is 3. The topological polar surface area (TPSA) is 79.5 Å². The number of hydrogen-bond acceptors (Lipinski definition) is 4. The van der Waals surface area contributed by atoms with E-state index in [2.05, 4.69) is 22.3 Å². The highest BCUT2D eigenvalue weighted by atomic mass is 16.4. The molecule has 0 aliphatic rings. The SMILES string of the molecule is CCCCNc1ccc2nc(CCC(=O)O)cn2n1. The number of fused-ring (bicyclic) bond motifs is 1. The second-order valence-electron chi connectivity index (χ2n) is 4.43. The van der Waals surface area contributed by atoms with Crippen LogP contribution in [0.25, 0.3) is 5.65 Å². The van der Waals surface area contributed by atoms with Gasteiger partial charge in [0.15, 0.2) is 5.65 Å². The number of aryl methyl sites for hydroxylation is 1. The van der Waals surface area contributed by atoms with Crippen LogP contribution in [-0.2, 0) is 11.2 Å². The molecule has 2 aromatic heterocycles. The molecule has 0 aliphatic heterocycles. The number of unbranched alkanes of at least 4 members (excludes halogenated alkanes) is 1. The van der Waals surface area contributed by atoms with E-state index in [9.17, 15) is 4.79 Å². The summed E-state index contributed by atoms with van der Waals surface area (Å²) < 4.78 is 1.69. The molecule has 6 nitrogen and oxygen atoms in total. The second kappa shape index (κ2) is 6.17. The van der Waals surface area contributed by atoms with Crippen LogP contribution in [0.2, 0.25) is 0 Å². The molecule has 6 heteroatoms. The lowest BCUT2D eigenvalue weighted by molar-refractivity contribution is -0.136. The molecule has 0 saturated carbocycles. The first-order valence-corrected chi connectivity index (χ1v) is 6.50. The van der Waals surface area contributed by atoms with Crippen molar-refractivity contribution < 1.29 is 9.90 Å². The fourth-order valence-electron chi connectivity index (χ4n) is 1.77. The zero-order chi connectivity index (χ0) is 13.7. The van der Waals surface area contributed by atoms with Crippen LogP contribution in [-0.4, -0.2) is 32.2 Å². The number of hydrogen-bond donors (Lipinski definition) is 2. The number of aromatic nitrogens is 3. The first-order chi connectivity index (χ1) is 9.19. The van der Waals surface area contributed by atoms with Crippen LogP contribution in [0.4, 0.5) is 5.82 Å². The molecule has 0 amide bonds. The zero-order valence-electron chi connectivity index (χ0n) is 11.0. The quantitative estimate of drug-likeness (QED) is 0.746. The number of nitrogens with one attached hydrogen (secondary N) is 1. The number of rotatable bonds is 7. The lowest BCUT2D eigenvalue weighted by atomic mass is 10.2. The van der Waals surface area contributed by atoms with Crippen LogP contribution in [0.1, 0.15) is 31.9 Å². The Balaban J connectivity index is 2.07. The van der Waals surface area contributed by atoms with E-state index in [4.69, 9.17) is 5.11 Å². The minimum Gasteiger partial charge on any atom is -0.481 e. The van der Waals surface area contributed by atoms with E-state index in [-0.39, 0.29) is 6.42 Å². The highest BCUT2D eigenvalue weighted by Crippen LogP contribution is 2.09. The standard InChI is InChI=1S/C13H18N4O2/c1-2-3-8-14-11-5-6-12-15-10(4-7-13(18)19)9-17(12)16-11/h5-6,9H,2-4,7-8H2,1H3,(H,14,16)(H,18,19). The van der Waals surface area contributed by atoms with Crippen LogP contribution in [0.3, 0.4) is 0 Å². The fourth-order valence-corrected chi connectivity index (χ4v) is 1.77. The van der Waals surface area contributed by atoms with Gasteiger partial charge in [-0.25, -0.2) is 9.50 Å². The van der Waals surface area contributed by atoms with Gasteiger partial charge in [-0.15, -0.1) is 5.10 Å². The molecule has 0 radical (unpaired) electrons. The van der Waals surface area contributed by atoms with Gasteiger partial charge in [0.2, 0.25) is 0 Å². The molecule has 0 aliphatic carbocycles. The van der Waals surface area contributed by atoms with Crippen LogP contribution in [0.15, 0.2) is 18.3 Å². The van der Waals surface area contributed by atoms with Crippen molar-refractivity contribution in [2.75, 3.05) is 11.9 Å². The zero-order valence-corrected chi connectivity index (χ0v) is 11.0. The van der Waals surface area contributed by atoms with E-state index in [0.29, 0.717) is 6.42 Å². The summed E-state index contributed by atoms with van der Waals surface area (Å²) in [4.78, 5) is 14.9. The third-order valence-corrected chi connectivity index (χ3v) is 2.80. The highest BCUT2D eigenvalue weighted by molar-refractivity contribution is 5.67. The molecule has 0 atom stereocenters. The molecule has 2 aromatic rings. The summed E-state index contributed by atoms with van der Waals surface area (Å²) in [5.41, 5.74) is 1.49. The molecule has 0 fully saturated rings. The smallest absolute Gasteiger partial charge is 0.303 e. The Morgan fingerprint density at radius 1 is 1.47 bits per heavy atom. The summed E-state index contributed by atoms with van der Waals surface area (Å²) in [5.74, 6) is -0.00456. The van der Waals surface area contributed by atoms with Crippen molar-refractivity contribution in [3.05, 3.63) is 24.0 Å². The predicted molar refractivity (Wildman–Crippen MR) is 72.3 cm³/mol. The van der Waals surface area contributed by atoms with Crippen molar-refractivity contribution in [3.8, 4) is 0 Å². The highest BCUT2D eigenvalue weighted by Gasteiger charge is 2.05. The third-order valence-electron chi connectivity index (χ3n) is 2.80. The summed E-state index contributed by atoms with van der Waals surface area (Å²) in [7, 11) is 0. The van der Waals surface area contributed by atoms with Gasteiger partial charge in [-0.05, 0) is 18.6 Å². The molecule has 2 N–H and O–H groups in total. The van der Waals surface area contributed by atoms with E-state index >= 15 is 0 Å². The third kappa shape index (κ3) is 3.67. The van der Waals surface area contributed by atoms with Gasteiger partial charge < -0.3 is 10.4 Å². The Kier molecular flexibility index (Phi) is 4.33. The summed E-state index contributed by atoms with van der Waals surface area (Å²) in [6.07, 6.45) is 4.54. The predicted octanol–water partition coefficient (Wildman–Crippen LogP) is 1.96. The largest absolute Gasteiger partial charge is 0.481 e. The van der Waals surface area contributed by atoms with Crippen LogP contribution < -0.4 is 5.32 Å². The van der Waals surface area contributed by atoms with Gasteiger partial charge in [0, 0.05) is 13.0 Å². The van der Waals surface area contributed by atoms with Crippen LogP contribution >= 0.6 is 0 Å². The maximum absolute atomic E-state index is 10.5. The summed E-state index contributed by atoms with van der Waals surface area (Å²) in [5, 5.41) is 16.3. The monoisotopic (exact) mass is 262 g/mol. The van der Waals surface area contributed by atoms with Crippen molar-refractivity contribution in [1.82, 2.24) is 14.6 Å². The van der Waals surface area contributed by atoms with Gasteiger partial charge in [-0.2, -0.15) is 0 Å². The van der Waals surface area contributed by atoms with Crippen molar-refractivity contribution >= 4 is 17.4 Å². The van der Waals surface area contributed by atoms with E-state index in [0.717, 1.165) is 36.5 Å². The van der Waals surface area contributed by atoms with Crippen molar-refractivity contribution in [2.24, 2.45) is 0 Å². The van der Waals surface area contributed by atoms with E-state index in [1.807, 2.05) is 12.1 Å². The number of anilines is 1. The first-order valence-electron chi connectivity index (χ1n) is 6.50. The van der Waals surface area contributed by atoms with Gasteiger partial charge in [0.25, 0.3) is 0 Å². The molecule has 102 valence electrons. The van der Waals surface area contributed by atoms with Crippen LogP contribution in [0.5, 0.6) is 0 Å². The fraction of sp³-hybridized carbons (Fsp3) is 0.462. The Hall–Kier alpha value is -2.11. The summed E-state index contributed by atoms with van der Waals surface area (Å²) in [6.45, 7) is 3.04. The van der Waals surface area contributed by atoms with Crippen molar-refractivity contribution in [2.45, 2.75) is 32.6 Å². The number of aliphatic carboxylic acids is 1. The molecule has 2 heterocycles. The summed E-state index contributed by atoms with van der Waals surface area (Å²) in [6, 6.07) is 3.77. The van der Waals surface area contributed by atoms with Gasteiger partial charge in [-0.3, -0.25) is 4.79 Å². The maximum Gasteiger partial charge on any atom is 0.303 e. The Morgan fingerprint density at radius 3 is 3.05 bits per heavy atom. The number of imidazole rings is 1. The maximum atomic E-state index is 10.5. The van der Waals surface area contributed by atoms with E-state index in [1.165, 1.54) is 0 Å². The van der Waals surface area contributed by atoms with Gasteiger partial charge in [-0.1, -0.05) is 13.3 Å². The molecule has 0 aromatic carbocycles. The number of carbonyl (C=O) groups is 1. The van der Waals surface area contributed by atoms with Gasteiger partial charge in [0.1, 0.15) is 5.82 Å². The normalized spacial score (nSPS) is 10.8. The minimum absolute atomic E-state index is 0.0888. The number of carboxylic acids is 1. The van der Waals surface area contributed by atoms with Crippen molar-refractivity contribution in [3.63, 3.8) is 0 Å². The molecule has 19 heavy (non-hydrogen) atoms. The molecule has 0 bridgehead atoms. The second-order valence-corrected chi connectivity index (χ2v) is 4.43. The molecular weight excluding hydrogens is 244 g/mol. The Labute approximate surface area is 111 Å². The molecule has 0 unspecified atom stereocenters. The Morgan fingerprint density at radius 2 is 2.32 bits per heavy atom. The summed E-state index contributed by atoms with van der Waals surface area (Å²) >= 11 is 0. The average Bonchev–Trinajstić information content (AvgIpc) is 2.79. The molecular formula is C13H18N4O2.